The summed E-state index contributed by atoms with van der Waals surface area (Å²) in [7, 11) is 2.15. The number of carbonyl (C=O) groups is 1. The monoisotopic (exact) mass is 416 g/mol. The molecule has 0 bridgehead atoms. The second-order valence-electron chi connectivity index (χ2n) is 8.78. The molecule has 2 aliphatic heterocycles. The van der Waals surface area contributed by atoms with Crippen LogP contribution in [0.2, 0.25) is 0 Å². The van der Waals surface area contributed by atoms with Gasteiger partial charge in [0.15, 0.2) is 0 Å². The van der Waals surface area contributed by atoms with E-state index in [2.05, 4.69) is 33.3 Å². The maximum atomic E-state index is 13.3. The number of likely N-dealkylation sites (tertiary alicyclic amines) is 1. The van der Waals surface area contributed by atoms with Gasteiger partial charge in [0, 0.05) is 36.3 Å². The summed E-state index contributed by atoms with van der Waals surface area (Å²) in [4.78, 5) is 23.5. The van der Waals surface area contributed by atoms with E-state index in [1.807, 2.05) is 55.5 Å². The molecule has 2 aliphatic rings. The molecule has 0 aliphatic carbocycles. The fourth-order valence-electron chi connectivity index (χ4n) is 4.72. The quantitative estimate of drug-likeness (QED) is 0.674. The number of hydrogen-bond donors (Lipinski definition) is 2. The number of amides is 1. The maximum absolute atomic E-state index is 13.3. The molecule has 0 saturated carbocycles. The number of imidazole rings is 1. The van der Waals surface area contributed by atoms with Crippen molar-refractivity contribution in [3.8, 4) is 17.1 Å². The molecule has 6 nitrogen and oxygen atoms in total. The van der Waals surface area contributed by atoms with Gasteiger partial charge in [-0.3, -0.25) is 4.79 Å². The minimum atomic E-state index is -0.228. The Hall–Kier alpha value is -3.12. The highest BCUT2D eigenvalue weighted by molar-refractivity contribution is 5.94. The summed E-state index contributed by atoms with van der Waals surface area (Å²) in [6.07, 6.45) is 2.70. The highest BCUT2D eigenvalue weighted by atomic mass is 16.5. The molecule has 2 N–H and O–H groups in total. The molecule has 1 aromatic heterocycles. The third-order valence-corrected chi connectivity index (χ3v) is 6.55. The summed E-state index contributed by atoms with van der Waals surface area (Å²) >= 11 is 0. The number of nitrogens with one attached hydrogen (secondary N) is 2. The predicted octanol–water partition coefficient (Wildman–Crippen LogP) is 4.10. The molecule has 31 heavy (non-hydrogen) atoms. The second-order valence-corrected chi connectivity index (χ2v) is 8.78. The Morgan fingerprint density at radius 1 is 1.13 bits per heavy atom. The van der Waals surface area contributed by atoms with Crippen molar-refractivity contribution < 1.29 is 9.53 Å². The predicted molar refractivity (Wildman–Crippen MR) is 120 cm³/mol. The van der Waals surface area contributed by atoms with Gasteiger partial charge in [-0.25, -0.2) is 4.98 Å². The van der Waals surface area contributed by atoms with Gasteiger partial charge in [-0.1, -0.05) is 48.5 Å². The molecule has 1 unspecified atom stereocenters. The van der Waals surface area contributed by atoms with E-state index in [9.17, 15) is 4.79 Å². The van der Waals surface area contributed by atoms with Crippen LogP contribution in [-0.4, -0.2) is 46.5 Å². The van der Waals surface area contributed by atoms with Gasteiger partial charge < -0.3 is 19.9 Å². The SMILES string of the molecule is Cc1[nH]c(-c2ccccc2)nc1C(=O)NC1CC2(CCN(C)CC2)Oc2ccccc21. The number of fused-ring (bicyclic) bond motifs is 1. The third kappa shape index (κ3) is 3.83. The van der Waals surface area contributed by atoms with Gasteiger partial charge in [-0.2, -0.15) is 0 Å². The number of piperidine rings is 1. The first-order chi connectivity index (χ1) is 15.0. The van der Waals surface area contributed by atoms with Gasteiger partial charge in [-0.05, 0) is 32.9 Å². The van der Waals surface area contributed by atoms with E-state index >= 15 is 0 Å². The van der Waals surface area contributed by atoms with Crippen molar-refractivity contribution in [3.63, 3.8) is 0 Å². The normalized spacial score (nSPS) is 20.1. The fraction of sp³-hybridized carbons (Fsp3) is 0.360. The molecule has 6 heteroatoms. The Morgan fingerprint density at radius 3 is 2.61 bits per heavy atom. The minimum Gasteiger partial charge on any atom is -0.487 e. The molecular weight excluding hydrogens is 388 g/mol. The van der Waals surface area contributed by atoms with Crippen LogP contribution in [0, 0.1) is 6.92 Å². The zero-order valence-electron chi connectivity index (χ0n) is 18.0. The number of H-pyrrole nitrogens is 1. The summed E-state index contributed by atoms with van der Waals surface area (Å²) < 4.78 is 6.51. The Kier molecular flexibility index (Phi) is 5.02. The molecule has 1 atom stereocenters. The first-order valence-corrected chi connectivity index (χ1v) is 10.9. The molecule has 1 saturated heterocycles. The van der Waals surface area contributed by atoms with Gasteiger partial charge in [0.2, 0.25) is 0 Å². The number of aromatic amines is 1. The summed E-state index contributed by atoms with van der Waals surface area (Å²) in [5.74, 6) is 1.44. The van der Waals surface area contributed by atoms with Gasteiger partial charge >= 0.3 is 0 Å². The summed E-state index contributed by atoms with van der Waals surface area (Å²) in [5.41, 5.74) is 2.99. The largest absolute Gasteiger partial charge is 0.487 e. The first-order valence-electron chi connectivity index (χ1n) is 10.9. The Morgan fingerprint density at radius 2 is 1.84 bits per heavy atom. The van der Waals surface area contributed by atoms with E-state index in [1.54, 1.807) is 0 Å². The number of aryl methyl sites for hydroxylation is 1. The number of benzene rings is 2. The van der Waals surface area contributed by atoms with Crippen molar-refractivity contribution in [2.45, 2.75) is 37.8 Å². The first kappa shape index (κ1) is 19.8. The van der Waals surface area contributed by atoms with Crippen LogP contribution < -0.4 is 10.1 Å². The van der Waals surface area contributed by atoms with Gasteiger partial charge in [-0.15, -0.1) is 0 Å². The molecule has 1 spiro atoms. The zero-order chi connectivity index (χ0) is 21.4. The highest BCUT2D eigenvalue weighted by Crippen LogP contribution is 2.44. The van der Waals surface area contributed by atoms with E-state index in [-0.39, 0.29) is 17.6 Å². The van der Waals surface area contributed by atoms with Crippen molar-refractivity contribution in [1.29, 1.82) is 0 Å². The van der Waals surface area contributed by atoms with Gasteiger partial charge in [0.1, 0.15) is 22.9 Å². The Bertz CT molecular complexity index is 1080. The Balaban J connectivity index is 1.41. The molecule has 160 valence electrons. The summed E-state index contributed by atoms with van der Waals surface area (Å²) in [5, 5.41) is 3.26. The van der Waals surface area contributed by atoms with Crippen molar-refractivity contribution in [2.75, 3.05) is 20.1 Å². The average Bonchev–Trinajstić information content (AvgIpc) is 3.18. The van der Waals surface area contributed by atoms with Gasteiger partial charge in [0.05, 0.1) is 6.04 Å². The van der Waals surface area contributed by atoms with E-state index < -0.39 is 0 Å². The lowest BCUT2D eigenvalue weighted by molar-refractivity contribution is -0.0196. The smallest absolute Gasteiger partial charge is 0.272 e. The van der Waals surface area contributed by atoms with E-state index in [0.717, 1.165) is 54.9 Å². The topological polar surface area (TPSA) is 70.2 Å². The molecule has 1 amide bonds. The van der Waals surface area contributed by atoms with Crippen LogP contribution in [0.4, 0.5) is 0 Å². The van der Waals surface area contributed by atoms with Crippen molar-refractivity contribution in [1.82, 2.24) is 20.2 Å². The highest BCUT2D eigenvalue weighted by Gasteiger charge is 2.43. The number of carbonyl (C=O) groups excluding carboxylic acids is 1. The molecule has 5 rings (SSSR count). The number of para-hydroxylation sites is 1. The number of nitrogens with zero attached hydrogens (tertiary/aromatic N) is 2. The lowest BCUT2D eigenvalue weighted by Gasteiger charge is -2.46. The third-order valence-electron chi connectivity index (χ3n) is 6.55. The minimum absolute atomic E-state index is 0.0999. The standard InChI is InChI=1S/C25H28N4O2/c1-17-22(28-23(26-17)18-8-4-3-5-9-18)24(30)27-20-16-25(12-14-29(2)15-13-25)31-21-11-7-6-10-19(20)21/h3-11,20H,12-16H2,1-2H3,(H,26,28)(H,27,30). The van der Waals surface area contributed by atoms with Crippen LogP contribution >= 0.6 is 0 Å². The lowest BCUT2D eigenvalue weighted by atomic mass is 9.80. The number of rotatable bonds is 3. The van der Waals surface area contributed by atoms with Crippen LogP contribution in [0.1, 0.15) is 47.1 Å². The molecule has 0 radical (unpaired) electrons. The van der Waals surface area contributed by atoms with Crippen LogP contribution in [0.3, 0.4) is 0 Å². The van der Waals surface area contributed by atoms with Crippen LogP contribution in [0.25, 0.3) is 11.4 Å². The lowest BCUT2D eigenvalue weighted by Crippen LogP contribution is -2.51. The van der Waals surface area contributed by atoms with Crippen LogP contribution in [0.15, 0.2) is 54.6 Å². The molecule has 2 aromatic carbocycles. The van der Waals surface area contributed by atoms with Crippen molar-refractivity contribution >= 4 is 5.91 Å². The summed E-state index contributed by atoms with van der Waals surface area (Å²) in [6.45, 7) is 3.90. The van der Waals surface area contributed by atoms with Gasteiger partial charge in [0.25, 0.3) is 5.91 Å². The molecular formula is C25H28N4O2. The molecule has 1 fully saturated rings. The number of hydrogen-bond acceptors (Lipinski definition) is 4. The van der Waals surface area contributed by atoms with Crippen LogP contribution in [-0.2, 0) is 0 Å². The van der Waals surface area contributed by atoms with E-state index in [1.165, 1.54) is 0 Å². The maximum Gasteiger partial charge on any atom is 0.272 e. The fourth-order valence-corrected chi connectivity index (χ4v) is 4.72. The Labute approximate surface area is 182 Å². The number of aromatic nitrogens is 2. The number of ether oxygens (including phenoxy) is 1. The van der Waals surface area contributed by atoms with Crippen LogP contribution in [0.5, 0.6) is 5.75 Å². The average molecular weight is 417 g/mol. The van der Waals surface area contributed by atoms with Crippen molar-refractivity contribution in [2.24, 2.45) is 0 Å². The van der Waals surface area contributed by atoms with E-state index in [0.29, 0.717) is 11.5 Å². The summed E-state index contributed by atoms with van der Waals surface area (Å²) in [6, 6.07) is 17.8. The molecule has 3 aromatic rings. The second kappa shape index (κ2) is 7.85. The molecule has 3 heterocycles. The van der Waals surface area contributed by atoms with Crippen molar-refractivity contribution in [3.05, 3.63) is 71.5 Å². The van der Waals surface area contributed by atoms with E-state index in [4.69, 9.17) is 4.74 Å². The zero-order valence-corrected chi connectivity index (χ0v) is 18.0.